The number of carbonyl (C=O) groups excluding carboxylic acids is 3. The first-order valence-corrected chi connectivity index (χ1v) is 7.90. The second-order valence-corrected chi connectivity index (χ2v) is 5.34. The lowest BCUT2D eigenvalue weighted by molar-refractivity contribution is -0.128. The van der Waals surface area contributed by atoms with Crippen molar-refractivity contribution in [1.29, 1.82) is 0 Å². The zero-order chi connectivity index (χ0) is 18.8. The predicted octanol–water partition coefficient (Wildman–Crippen LogP) is 2.41. The summed E-state index contributed by atoms with van der Waals surface area (Å²) in [6.45, 7) is 0. The van der Waals surface area contributed by atoms with E-state index in [2.05, 4.69) is 16.2 Å². The number of benzene rings is 2. The Labute approximate surface area is 150 Å². The van der Waals surface area contributed by atoms with E-state index in [-0.39, 0.29) is 24.6 Å². The average molecular weight is 355 g/mol. The van der Waals surface area contributed by atoms with Gasteiger partial charge in [0.25, 0.3) is 5.91 Å². The molecule has 0 radical (unpaired) electrons. The number of hydrogen-bond donors (Lipinski definition) is 3. The maximum Gasteiger partial charge on any atom is 0.262 e. The van der Waals surface area contributed by atoms with Gasteiger partial charge in [0.05, 0.1) is 0 Å². The van der Waals surface area contributed by atoms with Crippen molar-refractivity contribution in [3.63, 3.8) is 0 Å². The van der Waals surface area contributed by atoms with Crippen molar-refractivity contribution in [3.05, 3.63) is 72.1 Å². The molecule has 0 bridgehead atoms. The molecule has 7 heteroatoms. The highest BCUT2D eigenvalue weighted by atomic mass is 19.1. The van der Waals surface area contributed by atoms with Crippen molar-refractivity contribution in [3.8, 4) is 0 Å². The van der Waals surface area contributed by atoms with Gasteiger partial charge in [0.1, 0.15) is 5.82 Å². The third kappa shape index (κ3) is 6.96. The molecule has 3 amide bonds. The second-order valence-electron chi connectivity index (χ2n) is 5.34. The molecule has 0 fully saturated rings. The molecule has 0 aliphatic rings. The third-order valence-corrected chi connectivity index (χ3v) is 3.26. The molecule has 0 saturated carbocycles. The minimum absolute atomic E-state index is 0.0119. The van der Waals surface area contributed by atoms with E-state index in [9.17, 15) is 18.8 Å². The fourth-order valence-corrected chi connectivity index (χ4v) is 1.95. The van der Waals surface area contributed by atoms with Crippen molar-refractivity contribution in [2.75, 3.05) is 5.32 Å². The Kier molecular flexibility index (Phi) is 7.05. The lowest BCUT2D eigenvalue weighted by atomic mass is 10.2. The van der Waals surface area contributed by atoms with Gasteiger partial charge in [0.2, 0.25) is 11.8 Å². The Morgan fingerprint density at radius 3 is 2.19 bits per heavy atom. The van der Waals surface area contributed by atoms with Crippen LogP contribution >= 0.6 is 0 Å². The Morgan fingerprint density at radius 1 is 0.846 bits per heavy atom. The molecule has 0 unspecified atom stereocenters. The molecule has 3 N–H and O–H groups in total. The predicted molar refractivity (Wildman–Crippen MR) is 96.0 cm³/mol. The third-order valence-electron chi connectivity index (χ3n) is 3.26. The van der Waals surface area contributed by atoms with Crippen LogP contribution in [-0.2, 0) is 14.4 Å². The molecule has 0 aliphatic heterocycles. The number of nitrogens with one attached hydrogen (secondary N) is 3. The van der Waals surface area contributed by atoms with E-state index >= 15 is 0 Å². The summed E-state index contributed by atoms with van der Waals surface area (Å²) in [4.78, 5) is 35.0. The molecule has 2 rings (SSSR count). The number of carbonyl (C=O) groups is 3. The number of hydrazine groups is 1. The number of anilines is 1. The first kappa shape index (κ1) is 18.9. The molecule has 0 saturated heterocycles. The molecule has 2 aromatic carbocycles. The SMILES string of the molecule is O=C(C=Cc1ccc(F)cc1)NNC(=O)CCC(=O)Nc1ccccc1. The molecule has 0 spiro atoms. The maximum absolute atomic E-state index is 12.8. The summed E-state index contributed by atoms with van der Waals surface area (Å²) < 4.78 is 12.8. The molecule has 0 heterocycles. The van der Waals surface area contributed by atoms with Crippen LogP contribution in [0.3, 0.4) is 0 Å². The van der Waals surface area contributed by atoms with Crippen LogP contribution in [0.2, 0.25) is 0 Å². The van der Waals surface area contributed by atoms with Crippen LogP contribution in [0.15, 0.2) is 60.7 Å². The lowest BCUT2D eigenvalue weighted by Gasteiger charge is -2.06. The summed E-state index contributed by atoms with van der Waals surface area (Å²) in [5, 5.41) is 2.66. The van der Waals surface area contributed by atoms with Crippen LogP contribution < -0.4 is 16.2 Å². The smallest absolute Gasteiger partial charge is 0.262 e. The normalized spacial score (nSPS) is 10.3. The van der Waals surface area contributed by atoms with E-state index in [1.807, 2.05) is 6.07 Å². The van der Waals surface area contributed by atoms with Crippen LogP contribution in [0.4, 0.5) is 10.1 Å². The van der Waals surface area contributed by atoms with Crippen LogP contribution in [0.1, 0.15) is 18.4 Å². The van der Waals surface area contributed by atoms with Crippen molar-refractivity contribution >= 4 is 29.5 Å². The Hall–Kier alpha value is -3.48. The van der Waals surface area contributed by atoms with Gasteiger partial charge >= 0.3 is 0 Å². The summed E-state index contributed by atoms with van der Waals surface area (Å²) in [5.74, 6) is -1.70. The largest absolute Gasteiger partial charge is 0.326 e. The van der Waals surface area contributed by atoms with E-state index in [0.717, 1.165) is 0 Å². The van der Waals surface area contributed by atoms with Gasteiger partial charge < -0.3 is 5.32 Å². The number of hydrogen-bond acceptors (Lipinski definition) is 3. The van der Waals surface area contributed by atoms with Crippen molar-refractivity contribution < 1.29 is 18.8 Å². The van der Waals surface area contributed by atoms with Crippen LogP contribution in [-0.4, -0.2) is 17.7 Å². The molecule has 0 atom stereocenters. The van der Waals surface area contributed by atoms with Gasteiger partial charge in [0, 0.05) is 24.6 Å². The molecule has 6 nitrogen and oxygen atoms in total. The van der Waals surface area contributed by atoms with Crippen LogP contribution in [0, 0.1) is 5.82 Å². The highest BCUT2D eigenvalue weighted by Crippen LogP contribution is 2.06. The fraction of sp³-hybridized carbons (Fsp3) is 0.105. The van der Waals surface area contributed by atoms with Gasteiger partial charge in [-0.2, -0.15) is 0 Å². The lowest BCUT2D eigenvalue weighted by Crippen LogP contribution is -2.41. The van der Waals surface area contributed by atoms with Crippen molar-refractivity contribution in [1.82, 2.24) is 10.9 Å². The molecule has 0 aliphatic carbocycles. The van der Waals surface area contributed by atoms with Gasteiger partial charge in [-0.25, -0.2) is 4.39 Å². The van der Waals surface area contributed by atoms with Gasteiger partial charge in [-0.3, -0.25) is 25.2 Å². The molecule has 26 heavy (non-hydrogen) atoms. The Morgan fingerprint density at radius 2 is 1.50 bits per heavy atom. The van der Waals surface area contributed by atoms with Gasteiger partial charge in [-0.05, 0) is 35.9 Å². The molecular formula is C19H18FN3O3. The number of amides is 3. The van der Waals surface area contributed by atoms with Crippen molar-refractivity contribution in [2.45, 2.75) is 12.8 Å². The summed E-state index contributed by atoms with van der Waals surface area (Å²) in [5.41, 5.74) is 5.72. The minimum atomic E-state index is -0.545. The topological polar surface area (TPSA) is 87.3 Å². The maximum atomic E-state index is 12.8. The van der Waals surface area contributed by atoms with E-state index < -0.39 is 11.8 Å². The first-order valence-electron chi connectivity index (χ1n) is 7.90. The Bertz CT molecular complexity index is 789. The molecule has 0 aromatic heterocycles. The van der Waals surface area contributed by atoms with E-state index in [4.69, 9.17) is 0 Å². The van der Waals surface area contributed by atoms with Gasteiger partial charge in [-0.1, -0.05) is 30.3 Å². The minimum Gasteiger partial charge on any atom is -0.326 e. The highest BCUT2D eigenvalue weighted by Gasteiger charge is 2.07. The number of rotatable bonds is 6. The van der Waals surface area contributed by atoms with E-state index in [1.54, 1.807) is 24.3 Å². The fourth-order valence-electron chi connectivity index (χ4n) is 1.95. The zero-order valence-electron chi connectivity index (χ0n) is 13.9. The van der Waals surface area contributed by atoms with Crippen LogP contribution in [0.5, 0.6) is 0 Å². The first-order chi connectivity index (χ1) is 12.5. The monoisotopic (exact) mass is 355 g/mol. The zero-order valence-corrected chi connectivity index (χ0v) is 13.9. The Balaban J connectivity index is 1.67. The number of halogens is 1. The highest BCUT2D eigenvalue weighted by molar-refractivity contribution is 5.95. The van der Waals surface area contributed by atoms with E-state index in [1.165, 1.54) is 36.4 Å². The van der Waals surface area contributed by atoms with Gasteiger partial charge in [-0.15, -0.1) is 0 Å². The van der Waals surface area contributed by atoms with Crippen molar-refractivity contribution in [2.24, 2.45) is 0 Å². The molecule has 134 valence electrons. The van der Waals surface area contributed by atoms with Crippen LogP contribution in [0.25, 0.3) is 6.08 Å². The molecular weight excluding hydrogens is 337 g/mol. The summed E-state index contributed by atoms with van der Waals surface area (Å²) in [6, 6.07) is 14.5. The average Bonchev–Trinajstić information content (AvgIpc) is 2.65. The summed E-state index contributed by atoms with van der Waals surface area (Å²) >= 11 is 0. The summed E-state index contributed by atoms with van der Waals surface area (Å²) in [6.07, 6.45) is 2.60. The van der Waals surface area contributed by atoms with E-state index in [0.29, 0.717) is 11.3 Å². The summed E-state index contributed by atoms with van der Waals surface area (Å²) in [7, 11) is 0. The molecule has 2 aromatic rings. The second kappa shape index (κ2) is 9.73. The standard InChI is InChI=1S/C19H18FN3O3/c20-15-9-6-14(7-10-15)8-11-18(25)22-23-19(26)13-12-17(24)21-16-4-2-1-3-5-16/h1-11H,12-13H2,(H,21,24)(H,22,25)(H,23,26). The van der Waals surface area contributed by atoms with Gasteiger partial charge in [0.15, 0.2) is 0 Å². The number of para-hydroxylation sites is 1. The quantitative estimate of drug-likeness (QED) is 0.549.